The zero-order valence-electron chi connectivity index (χ0n) is 12.7. The first-order valence-electron chi connectivity index (χ1n) is 7.17. The molecule has 0 aliphatic carbocycles. The summed E-state index contributed by atoms with van der Waals surface area (Å²) in [5, 5.41) is 9.08. The molecule has 22 heavy (non-hydrogen) atoms. The summed E-state index contributed by atoms with van der Waals surface area (Å²) in [6.45, 7) is 3.95. The van der Waals surface area contributed by atoms with E-state index in [1.165, 1.54) is 0 Å². The highest BCUT2D eigenvalue weighted by Crippen LogP contribution is 2.30. The van der Waals surface area contributed by atoms with Crippen molar-refractivity contribution in [3.63, 3.8) is 0 Å². The van der Waals surface area contributed by atoms with Crippen LogP contribution >= 0.6 is 0 Å². The number of pyridine rings is 1. The Labute approximate surface area is 130 Å². The van der Waals surface area contributed by atoms with Gasteiger partial charge in [-0.05, 0) is 49.6 Å². The number of aromatic nitrogens is 1. The smallest absolute Gasteiger partial charge is 0.316 e. The van der Waals surface area contributed by atoms with E-state index in [1.54, 1.807) is 37.5 Å². The second-order valence-electron chi connectivity index (χ2n) is 5.28. The first-order chi connectivity index (χ1) is 10.6. The second kappa shape index (κ2) is 6.86. The molecule has 0 aliphatic rings. The first-order valence-corrected chi connectivity index (χ1v) is 7.17. The summed E-state index contributed by atoms with van der Waals surface area (Å²) >= 11 is 0. The van der Waals surface area contributed by atoms with Crippen molar-refractivity contribution in [1.29, 1.82) is 5.26 Å². The lowest BCUT2D eigenvalue weighted by Gasteiger charge is -2.28. The zero-order valence-corrected chi connectivity index (χ0v) is 12.7. The Morgan fingerprint density at radius 1 is 1.36 bits per heavy atom. The van der Waals surface area contributed by atoms with Crippen LogP contribution in [0.5, 0.6) is 0 Å². The van der Waals surface area contributed by atoms with E-state index in [4.69, 9.17) is 10.00 Å². The van der Waals surface area contributed by atoms with Gasteiger partial charge in [-0.3, -0.25) is 9.78 Å². The number of hydrogen-bond acceptors (Lipinski definition) is 4. The van der Waals surface area contributed by atoms with Crippen molar-refractivity contribution >= 4 is 5.97 Å². The van der Waals surface area contributed by atoms with Gasteiger partial charge in [0.2, 0.25) is 0 Å². The highest BCUT2D eigenvalue weighted by Gasteiger charge is 2.37. The van der Waals surface area contributed by atoms with Crippen molar-refractivity contribution in [3.05, 3.63) is 65.5 Å². The van der Waals surface area contributed by atoms with Gasteiger partial charge in [-0.2, -0.15) is 5.26 Å². The van der Waals surface area contributed by atoms with Crippen molar-refractivity contribution in [1.82, 2.24) is 4.98 Å². The molecule has 1 aromatic heterocycles. The topological polar surface area (TPSA) is 63.0 Å². The van der Waals surface area contributed by atoms with E-state index >= 15 is 0 Å². The summed E-state index contributed by atoms with van der Waals surface area (Å²) in [6.07, 6.45) is 3.90. The van der Waals surface area contributed by atoms with E-state index < -0.39 is 5.41 Å². The van der Waals surface area contributed by atoms with Gasteiger partial charge < -0.3 is 4.74 Å². The summed E-state index contributed by atoms with van der Waals surface area (Å²) < 4.78 is 5.26. The van der Waals surface area contributed by atoms with Gasteiger partial charge in [-0.25, -0.2) is 0 Å². The summed E-state index contributed by atoms with van der Waals surface area (Å²) in [5.74, 6) is -0.297. The minimum Gasteiger partial charge on any atom is -0.465 e. The van der Waals surface area contributed by atoms with E-state index in [0.717, 1.165) is 11.1 Å². The number of benzene rings is 1. The fourth-order valence-corrected chi connectivity index (χ4v) is 2.43. The molecular weight excluding hydrogens is 276 g/mol. The third kappa shape index (κ3) is 3.32. The van der Waals surface area contributed by atoms with Crippen LogP contribution in [0, 0.1) is 11.3 Å². The standard InChI is InChI=1S/C18H18N2O2/c1-3-22-17(21)18(2,11-15-7-5-9-20-13-15)16-8-4-6-14(10-16)12-19/h4-10,13H,3,11H2,1-2H3. The number of rotatable bonds is 5. The van der Waals surface area contributed by atoms with Crippen LogP contribution in [0.2, 0.25) is 0 Å². The molecule has 4 heteroatoms. The molecule has 1 atom stereocenters. The van der Waals surface area contributed by atoms with E-state index in [1.807, 2.05) is 25.1 Å². The monoisotopic (exact) mass is 294 g/mol. The maximum atomic E-state index is 12.5. The number of carbonyl (C=O) groups excluding carboxylic acids is 1. The van der Waals surface area contributed by atoms with Gasteiger partial charge in [0.1, 0.15) is 0 Å². The van der Waals surface area contributed by atoms with Crippen LogP contribution in [-0.2, 0) is 21.4 Å². The summed E-state index contributed by atoms with van der Waals surface area (Å²) in [5.41, 5.74) is 1.39. The van der Waals surface area contributed by atoms with Crippen LogP contribution in [-0.4, -0.2) is 17.6 Å². The average Bonchev–Trinajstić information content (AvgIpc) is 2.56. The fourth-order valence-electron chi connectivity index (χ4n) is 2.43. The zero-order chi connectivity index (χ0) is 16.0. The molecule has 0 fully saturated rings. The number of nitrogens with zero attached hydrogens (tertiary/aromatic N) is 2. The number of carbonyl (C=O) groups is 1. The van der Waals surface area contributed by atoms with Gasteiger partial charge in [0, 0.05) is 12.4 Å². The molecule has 0 aliphatic heterocycles. The van der Waals surface area contributed by atoms with E-state index in [2.05, 4.69) is 11.1 Å². The molecule has 0 saturated carbocycles. The Morgan fingerprint density at radius 2 is 2.18 bits per heavy atom. The molecular formula is C18H18N2O2. The Kier molecular flexibility index (Phi) is 4.90. The largest absolute Gasteiger partial charge is 0.465 e. The van der Waals surface area contributed by atoms with Gasteiger partial charge in [-0.1, -0.05) is 18.2 Å². The number of hydrogen-bond donors (Lipinski definition) is 0. The van der Waals surface area contributed by atoms with Crippen molar-refractivity contribution in [2.45, 2.75) is 25.7 Å². The number of ether oxygens (including phenoxy) is 1. The maximum absolute atomic E-state index is 12.5. The van der Waals surface area contributed by atoms with Crippen molar-refractivity contribution in [2.75, 3.05) is 6.61 Å². The van der Waals surface area contributed by atoms with Gasteiger partial charge in [-0.15, -0.1) is 0 Å². The van der Waals surface area contributed by atoms with E-state index in [0.29, 0.717) is 18.6 Å². The van der Waals surface area contributed by atoms with Gasteiger partial charge in [0.15, 0.2) is 0 Å². The quantitative estimate of drug-likeness (QED) is 0.795. The third-order valence-corrected chi connectivity index (χ3v) is 3.64. The van der Waals surface area contributed by atoms with Crippen molar-refractivity contribution < 1.29 is 9.53 Å². The average molecular weight is 294 g/mol. The van der Waals surface area contributed by atoms with Crippen LogP contribution in [0.1, 0.15) is 30.5 Å². The molecule has 1 unspecified atom stereocenters. The molecule has 0 saturated heterocycles. The van der Waals surface area contributed by atoms with Crippen molar-refractivity contribution in [3.8, 4) is 6.07 Å². The molecule has 4 nitrogen and oxygen atoms in total. The van der Waals surface area contributed by atoms with E-state index in [9.17, 15) is 4.79 Å². The van der Waals surface area contributed by atoms with Gasteiger partial charge >= 0.3 is 5.97 Å². The lowest BCUT2D eigenvalue weighted by molar-refractivity contribution is -0.149. The lowest BCUT2D eigenvalue weighted by Crippen LogP contribution is -2.37. The highest BCUT2D eigenvalue weighted by molar-refractivity contribution is 5.83. The normalized spacial score (nSPS) is 13.0. The molecule has 2 aromatic rings. The van der Waals surface area contributed by atoms with Crippen LogP contribution in [0.3, 0.4) is 0 Å². The molecule has 0 radical (unpaired) electrons. The Hall–Kier alpha value is -2.67. The molecule has 0 amide bonds. The highest BCUT2D eigenvalue weighted by atomic mass is 16.5. The molecule has 112 valence electrons. The van der Waals surface area contributed by atoms with Crippen LogP contribution in [0.4, 0.5) is 0 Å². The summed E-state index contributed by atoms with van der Waals surface area (Å²) in [6, 6.07) is 13.0. The Bertz CT molecular complexity index is 692. The second-order valence-corrected chi connectivity index (χ2v) is 5.28. The molecule has 1 heterocycles. The predicted octanol–water partition coefficient (Wildman–Crippen LogP) is 3.02. The molecule has 2 rings (SSSR count). The molecule has 0 spiro atoms. The van der Waals surface area contributed by atoms with Crippen molar-refractivity contribution in [2.24, 2.45) is 0 Å². The maximum Gasteiger partial charge on any atom is 0.316 e. The minimum atomic E-state index is -0.855. The van der Waals surface area contributed by atoms with Crippen LogP contribution in [0.15, 0.2) is 48.8 Å². The lowest BCUT2D eigenvalue weighted by atomic mass is 9.77. The fraction of sp³-hybridized carbons (Fsp3) is 0.278. The Balaban J connectivity index is 2.45. The number of nitriles is 1. The van der Waals surface area contributed by atoms with Gasteiger partial charge in [0.05, 0.1) is 23.7 Å². The molecule has 0 bridgehead atoms. The predicted molar refractivity (Wildman–Crippen MR) is 83.1 cm³/mol. The molecule has 0 N–H and O–H groups in total. The molecule has 1 aromatic carbocycles. The van der Waals surface area contributed by atoms with Gasteiger partial charge in [0.25, 0.3) is 0 Å². The van der Waals surface area contributed by atoms with E-state index in [-0.39, 0.29) is 5.97 Å². The minimum absolute atomic E-state index is 0.297. The number of esters is 1. The summed E-state index contributed by atoms with van der Waals surface area (Å²) in [4.78, 5) is 16.6. The third-order valence-electron chi connectivity index (χ3n) is 3.64. The first kappa shape index (κ1) is 15.7. The van der Waals surface area contributed by atoms with Crippen LogP contribution < -0.4 is 0 Å². The van der Waals surface area contributed by atoms with Crippen LogP contribution in [0.25, 0.3) is 0 Å². The summed E-state index contributed by atoms with van der Waals surface area (Å²) in [7, 11) is 0. The Morgan fingerprint density at radius 3 is 2.82 bits per heavy atom. The SMILES string of the molecule is CCOC(=O)C(C)(Cc1cccnc1)c1cccc(C#N)c1.